The maximum absolute atomic E-state index is 13.3. The molecule has 2 N–H and O–H groups in total. The Kier molecular flexibility index (Phi) is 5.26. The van der Waals surface area contributed by atoms with Crippen molar-refractivity contribution in [1.29, 1.82) is 0 Å². The first-order chi connectivity index (χ1) is 15.1. The Morgan fingerprint density at radius 2 is 1.77 bits per heavy atom. The quantitative estimate of drug-likeness (QED) is 0.639. The normalized spacial score (nSPS) is 21.0. The zero-order chi connectivity index (χ0) is 21.4. The van der Waals surface area contributed by atoms with Gasteiger partial charge in [-0.25, -0.2) is 4.68 Å². The summed E-state index contributed by atoms with van der Waals surface area (Å²) in [5.41, 5.74) is 11.0. The molecule has 2 aromatic carbocycles. The minimum absolute atomic E-state index is 0.164. The van der Waals surface area contributed by atoms with Crippen LogP contribution in [0, 0.1) is 12.8 Å². The van der Waals surface area contributed by atoms with Crippen LogP contribution in [0.1, 0.15) is 54.4 Å². The monoisotopic (exact) mass is 414 g/mol. The number of nitrogen functional groups attached to an aromatic ring is 1. The van der Waals surface area contributed by atoms with Gasteiger partial charge in [0.1, 0.15) is 5.82 Å². The highest BCUT2D eigenvalue weighted by atomic mass is 16.2. The van der Waals surface area contributed by atoms with Crippen molar-refractivity contribution in [3.05, 3.63) is 65.7 Å². The molecule has 1 saturated heterocycles. The maximum Gasteiger partial charge on any atom is 0.254 e. The predicted octanol–water partition coefficient (Wildman–Crippen LogP) is 5.22. The number of carbonyl (C=O) groups excluding carboxylic acids is 1. The van der Waals surface area contributed by atoms with E-state index in [2.05, 4.69) is 24.0 Å². The third-order valence-corrected chi connectivity index (χ3v) is 6.91. The second kappa shape index (κ2) is 8.22. The summed E-state index contributed by atoms with van der Waals surface area (Å²) in [6.45, 7) is 2.95. The molecular weight excluding hydrogens is 384 g/mol. The fraction of sp³-hybridized carbons (Fsp3) is 0.385. The van der Waals surface area contributed by atoms with E-state index < -0.39 is 0 Å². The molecule has 2 atom stereocenters. The van der Waals surface area contributed by atoms with Crippen molar-refractivity contribution in [2.45, 2.75) is 51.5 Å². The summed E-state index contributed by atoms with van der Waals surface area (Å²) >= 11 is 0. The molecule has 160 valence electrons. The van der Waals surface area contributed by atoms with E-state index in [1.54, 1.807) is 4.68 Å². The van der Waals surface area contributed by atoms with Gasteiger partial charge in [-0.1, -0.05) is 36.6 Å². The average molecular weight is 415 g/mol. The smallest absolute Gasteiger partial charge is 0.254 e. The third-order valence-electron chi connectivity index (χ3n) is 6.91. The average Bonchev–Trinajstić information content (AvgIpc) is 3.20. The van der Waals surface area contributed by atoms with Gasteiger partial charge < -0.3 is 10.6 Å². The molecule has 2 heterocycles. The number of fused-ring (bicyclic) bond motifs is 1. The first kappa shape index (κ1) is 19.9. The first-order valence-corrected chi connectivity index (χ1v) is 11.4. The van der Waals surface area contributed by atoms with Crippen LogP contribution in [0.3, 0.4) is 0 Å². The van der Waals surface area contributed by atoms with Gasteiger partial charge in [-0.15, -0.1) is 0 Å². The van der Waals surface area contributed by atoms with E-state index in [1.165, 1.54) is 31.2 Å². The largest absolute Gasteiger partial charge is 0.384 e. The molecule has 31 heavy (non-hydrogen) atoms. The van der Waals surface area contributed by atoms with E-state index in [-0.39, 0.29) is 5.91 Å². The Morgan fingerprint density at radius 3 is 2.58 bits per heavy atom. The number of aromatic nitrogens is 2. The van der Waals surface area contributed by atoms with Gasteiger partial charge in [-0.05, 0) is 68.9 Å². The first-order valence-electron chi connectivity index (χ1n) is 11.4. The Hall–Kier alpha value is -3.08. The molecule has 0 radical (unpaired) electrons. The number of hydrogen-bond donors (Lipinski definition) is 1. The van der Waals surface area contributed by atoms with E-state index >= 15 is 0 Å². The van der Waals surface area contributed by atoms with Crippen LogP contribution in [0.2, 0.25) is 0 Å². The van der Waals surface area contributed by atoms with Gasteiger partial charge in [-0.2, -0.15) is 5.10 Å². The van der Waals surface area contributed by atoms with Crippen LogP contribution in [0.5, 0.6) is 0 Å². The predicted molar refractivity (Wildman–Crippen MR) is 124 cm³/mol. The molecule has 5 nitrogen and oxygen atoms in total. The molecule has 1 saturated carbocycles. The molecule has 5 heteroatoms. The summed E-state index contributed by atoms with van der Waals surface area (Å²) < 4.78 is 1.74. The molecule has 2 fully saturated rings. The lowest BCUT2D eigenvalue weighted by atomic mass is 9.78. The van der Waals surface area contributed by atoms with E-state index in [4.69, 9.17) is 10.8 Å². The van der Waals surface area contributed by atoms with Crippen molar-refractivity contribution in [2.75, 3.05) is 12.3 Å². The number of carbonyl (C=O) groups is 1. The number of amides is 1. The van der Waals surface area contributed by atoms with E-state index in [0.29, 0.717) is 17.8 Å². The van der Waals surface area contributed by atoms with Crippen LogP contribution in [-0.4, -0.2) is 33.2 Å². The number of nitrogens with zero attached hydrogens (tertiary/aromatic N) is 3. The van der Waals surface area contributed by atoms with E-state index in [0.717, 1.165) is 41.9 Å². The van der Waals surface area contributed by atoms with Crippen LogP contribution >= 0.6 is 0 Å². The standard InChI is InChI=1S/C26H30N4O/c1-18-6-4-8-21(16-18)23-17-25(27)30(28-23)22-13-11-20(12-14-22)26(31)29-15-5-9-19-7-2-3-10-24(19)29/h4,6,8,11-14,16-17,19,24H,2-3,5,7,9-10,15,27H2,1H3. The Labute approximate surface area is 183 Å². The Morgan fingerprint density at radius 1 is 1.00 bits per heavy atom. The molecule has 1 amide bonds. The topological polar surface area (TPSA) is 64.2 Å². The number of rotatable bonds is 3. The summed E-state index contributed by atoms with van der Waals surface area (Å²) in [6, 6.07) is 18.3. The number of likely N-dealkylation sites (tertiary alicyclic amines) is 1. The number of aryl methyl sites for hydroxylation is 1. The van der Waals surface area contributed by atoms with Crippen LogP contribution in [0.15, 0.2) is 54.6 Å². The molecular formula is C26H30N4O. The lowest BCUT2D eigenvalue weighted by Crippen LogP contribution is -2.49. The summed E-state index contributed by atoms with van der Waals surface area (Å²) in [5.74, 6) is 1.43. The van der Waals surface area contributed by atoms with Crippen LogP contribution in [-0.2, 0) is 0 Å². The zero-order valence-corrected chi connectivity index (χ0v) is 18.1. The molecule has 0 bridgehead atoms. The zero-order valence-electron chi connectivity index (χ0n) is 18.1. The second-order valence-electron chi connectivity index (χ2n) is 9.04. The van der Waals surface area contributed by atoms with Gasteiger partial charge in [0.25, 0.3) is 5.91 Å². The van der Waals surface area contributed by atoms with Gasteiger partial charge in [0, 0.05) is 29.8 Å². The highest BCUT2D eigenvalue weighted by Gasteiger charge is 2.35. The lowest BCUT2D eigenvalue weighted by molar-refractivity contribution is 0.0390. The SMILES string of the molecule is Cc1cccc(-c2cc(N)n(-c3ccc(C(=O)N4CCCC5CCCCC54)cc3)n2)c1. The van der Waals surface area contributed by atoms with Crippen molar-refractivity contribution in [3.63, 3.8) is 0 Å². The van der Waals surface area contributed by atoms with Crippen LogP contribution in [0.4, 0.5) is 5.82 Å². The van der Waals surface area contributed by atoms with Crippen LogP contribution in [0.25, 0.3) is 16.9 Å². The summed E-state index contributed by atoms with van der Waals surface area (Å²) in [6.07, 6.45) is 7.38. The maximum atomic E-state index is 13.3. The van der Waals surface area contributed by atoms with Gasteiger partial charge in [-0.3, -0.25) is 4.79 Å². The second-order valence-corrected chi connectivity index (χ2v) is 9.04. The van der Waals surface area contributed by atoms with Crippen molar-refractivity contribution in [1.82, 2.24) is 14.7 Å². The fourth-order valence-corrected chi connectivity index (χ4v) is 5.34. The van der Waals surface area contributed by atoms with Gasteiger partial charge in [0.15, 0.2) is 0 Å². The number of hydrogen-bond acceptors (Lipinski definition) is 3. The van der Waals surface area contributed by atoms with Gasteiger partial charge in [0.2, 0.25) is 0 Å². The molecule has 2 aliphatic rings. The highest BCUT2D eigenvalue weighted by Crippen LogP contribution is 2.36. The van der Waals surface area contributed by atoms with Crippen molar-refractivity contribution < 1.29 is 4.79 Å². The summed E-state index contributed by atoms with van der Waals surface area (Å²) in [5, 5.41) is 4.71. The van der Waals surface area contributed by atoms with Crippen molar-refractivity contribution in [3.8, 4) is 16.9 Å². The highest BCUT2D eigenvalue weighted by molar-refractivity contribution is 5.94. The third kappa shape index (κ3) is 3.85. The van der Waals surface area contributed by atoms with E-state index in [1.807, 2.05) is 42.5 Å². The molecule has 3 aromatic rings. The summed E-state index contributed by atoms with van der Waals surface area (Å²) in [4.78, 5) is 15.4. The van der Waals surface area contributed by atoms with Gasteiger partial charge in [0.05, 0.1) is 11.4 Å². The molecule has 0 spiro atoms. The number of anilines is 1. The van der Waals surface area contributed by atoms with Gasteiger partial charge >= 0.3 is 0 Å². The number of benzene rings is 2. The number of piperidine rings is 1. The van der Waals surface area contributed by atoms with Crippen LogP contribution < -0.4 is 5.73 Å². The molecule has 1 aliphatic carbocycles. The summed E-state index contributed by atoms with van der Waals surface area (Å²) in [7, 11) is 0. The Bertz CT molecular complexity index is 1080. The van der Waals surface area contributed by atoms with E-state index in [9.17, 15) is 4.79 Å². The minimum Gasteiger partial charge on any atom is -0.384 e. The van der Waals surface area contributed by atoms with Crippen molar-refractivity contribution in [2.24, 2.45) is 5.92 Å². The van der Waals surface area contributed by atoms with Crippen molar-refractivity contribution >= 4 is 11.7 Å². The fourth-order valence-electron chi connectivity index (χ4n) is 5.34. The molecule has 2 unspecified atom stereocenters. The lowest BCUT2D eigenvalue weighted by Gasteiger charge is -2.44. The Balaban J connectivity index is 1.37. The molecule has 5 rings (SSSR count). The molecule has 1 aliphatic heterocycles. The number of nitrogens with two attached hydrogens (primary N) is 1. The molecule has 1 aromatic heterocycles. The minimum atomic E-state index is 0.164.